The highest BCUT2D eigenvalue weighted by atomic mass is 32.1. The van der Waals surface area contributed by atoms with Crippen molar-refractivity contribution < 1.29 is 44.1 Å². The average molecular weight is 532 g/mol. The maximum absolute atomic E-state index is 12.9. The fraction of sp³-hybridized carbons (Fsp3) is 0.714. The first-order valence-electron chi connectivity index (χ1n) is 11.7. The summed E-state index contributed by atoms with van der Waals surface area (Å²) < 4.78 is 0. The molecular formula is C21H33N5O9S. The lowest BCUT2D eigenvalue weighted by molar-refractivity contribution is -0.143. The van der Waals surface area contributed by atoms with Crippen molar-refractivity contribution >= 4 is 48.2 Å². The van der Waals surface area contributed by atoms with Gasteiger partial charge in [0.15, 0.2) is 0 Å². The highest BCUT2D eigenvalue weighted by Gasteiger charge is 2.39. The van der Waals surface area contributed by atoms with Gasteiger partial charge in [-0.2, -0.15) is 12.6 Å². The van der Waals surface area contributed by atoms with Gasteiger partial charge in [0.05, 0.1) is 12.6 Å². The van der Waals surface area contributed by atoms with Crippen LogP contribution < -0.4 is 21.3 Å². The molecule has 202 valence electrons. The molecule has 36 heavy (non-hydrogen) atoms. The first-order chi connectivity index (χ1) is 17.1. The zero-order valence-corrected chi connectivity index (χ0v) is 20.5. The lowest BCUT2D eigenvalue weighted by Gasteiger charge is -2.28. The number of carbonyl (C=O) groups is 6. The lowest BCUT2D eigenvalue weighted by Crippen LogP contribution is -2.59. The number of carboxylic acid groups (broad SMARTS) is 2. The zero-order valence-electron chi connectivity index (χ0n) is 19.6. The van der Waals surface area contributed by atoms with Gasteiger partial charge in [0.2, 0.25) is 23.6 Å². The molecule has 0 aromatic heterocycles. The molecule has 4 amide bonds. The van der Waals surface area contributed by atoms with E-state index in [1.807, 2.05) is 0 Å². The molecule has 7 N–H and O–H groups in total. The van der Waals surface area contributed by atoms with E-state index in [1.165, 1.54) is 4.90 Å². The number of aliphatic hydroxyl groups is 1. The maximum atomic E-state index is 12.9. The van der Waals surface area contributed by atoms with Crippen molar-refractivity contribution in [1.29, 1.82) is 0 Å². The smallest absolute Gasteiger partial charge is 0.326 e. The lowest BCUT2D eigenvalue weighted by atomic mass is 10.1. The van der Waals surface area contributed by atoms with Gasteiger partial charge in [-0.1, -0.05) is 0 Å². The third kappa shape index (κ3) is 8.06. The summed E-state index contributed by atoms with van der Waals surface area (Å²) in [5.74, 6) is -5.47. The molecule has 0 aromatic rings. The molecule has 2 rings (SSSR count). The first kappa shape index (κ1) is 29.3. The van der Waals surface area contributed by atoms with E-state index in [0.29, 0.717) is 25.8 Å². The molecule has 2 aliphatic rings. The van der Waals surface area contributed by atoms with Crippen molar-refractivity contribution in [3.05, 3.63) is 0 Å². The number of likely N-dealkylation sites (tertiary alicyclic amines) is 1. The Morgan fingerprint density at radius 3 is 2.17 bits per heavy atom. The Kier molecular flexibility index (Phi) is 11.4. The van der Waals surface area contributed by atoms with Crippen molar-refractivity contribution in [3.8, 4) is 0 Å². The number of carbonyl (C=O) groups excluding carboxylic acids is 4. The minimum absolute atomic E-state index is 0.154. The molecule has 0 unspecified atom stereocenters. The predicted octanol–water partition coefficient (Wildman–Crippen LogP) is -2.94. The van der Waals surface area contributed by atoms with Gasteiger partial charge >= 0.3 is 11.9 Å². The normalized spacial score (nSPS) is 21.8. The van der Waals surface area contributed by atoms with Crippen LogP contribution in [0, 0.1) is 0 Å². The fourth-order valence-electron chi connectivity index (χ4n) is 4.12. The Morgan fingerprint density at radius 2 is 1.61 bits per heavy atom. The summed E-state index contributed by atoms with van der Waals surface area (Å²) >= 11 is 4.08. The number of aliphatic carboxylic acids is 2. The van der Waals surface area contributed by atoms with Gasteiger partial charge in [0.1, 0.15) is 24.2 Å². The maximum Gasteiger partial charge on any atom is 0.326 e. The number of hydrogen-bond acceptors (Lipinski definition) is 9. The molecule has 0 radical (unpaired) electrons. The number of aliphatic hydroxyl groups excluding tert-OH is 1. The summed E-state index contributed by atoms with van der Waals surface area (Å²) in [6.45, 7) is 0.275. The molecule has 0 aromatic carbocycles. The van der Waals surface area contributed by atoms with E-state index in [0.717, 1.165) is 13.0 Å². The molecule has 0 aliphatic carbocycles. The molecule has 0 spiro atoms. The van der Waals surface area contributed by atoms with E-state index in [-0.39, 0.29) is 17.7 Å². The monoisotopic (exact) mass is 531 g/mol. The number of carboxylic acids is 2. The van der Waals surface area contributed by atoms with Gasteiger partial charge in [0, 0.05) is 18.7 Å². The molecule has 2 fully saturated rings. The van der Waals surface area contributed by atoms with E-state index < -0.39 is 73.3 Å². The summed E-state index contributed by atoms with van der Waals surface area (Å²) in [6.07, 6.45) is 1.71. The molecule has 2 saturated heterocycles. The Balaban J connectivity index is 1.96. The Hall–Kier alpha value is -2.91. The number of hydrogen-bond donors (Lipinski definition) is 8. The van der Waals surface area contributed by atoms with Crippen molar-refractivity contribution in [2.45, 2.75) is 68.7 Å². The second kappa shape index (κ2) is 14.0. The molecule has 2 heterocycles. The molecular weight excluding hydrogens is 498 g/mol. The quantitative estimate of drug-likeness (QED) is 0.113. The van der Waals surface area contributed by atoms with Crippen LogP contribution in [0.1, 0.15) is 38.5 Å². The number of thiol groups is 1. The minimum Gasteiger partial charge on any atom is -0.481 e. The Morgan fingerprint density at radius 1 is 0.944 bits per heavy atom. The highest BCUT2D eigenvalue weighted by Crippen LogP contribution is 2.21. The van der Waals surface area contributed by atoms with Crippen molar-refractivity contribution in [2.75, 3.05) is 25.4 Å². The minimum atomic E-state index is -1.55. The summed E-state index contributed by atoms with van der Waals surface area (Å²) in [7, 11) is 0. The molecule has 0 saturated carbocycles. The summed E-state index contributed by atoms with van der Waals surface area (Å²) in [6, 6.07) is -5.39. The third-order valence-corrected chi connectivity index (χ3v) is 6.45. The van der Waals surface area contributed by atoms with E-state index in [2.05, 4.69) is 33.9 Å². The summed E-state index contributed by atoms with van der Waals surface area (Å²) in [5.41, 5.74) is 0. The summed E-state index contributed by atoms with van der Waals surface area (Å²) in [4.78, 5) is 74.3. The van der Waals surface area contributed by atoms with Crippen molar-refractivity contribution in [3.63, 3.8) is 0 Å². The Labute approximate surface area is 212 Å². The van der Waals surface area contributed by atoms with Crippen LogP contribution in [0.25, 0.3) is 0 Å². The molecule has 2 aliphatic heterocycles. The van der Waals surface area contributed by atoms with Crippen LogP contribution in [-0.2, 0) is 28.8 Å². The van der Waals surface area contributed by atoms with Crippen LogP contribution in [0.2, 0.25) is 0 Å². The van der Waals surface area contributed by atoms with Crippen molar-refractivity contribution in [2.24, 2.45) is 0 Å². The number of nitrogens with one attached hydrogen (secondary N) is 4. The molecule has 14 nitrogen and oxygen atoms in total. The number of amides is 4. The number of rotatable bonds is 13. The van der Waals surface area contributed by atoms with Gasteiger partial charge in [-0.25, -0.2) is 4.79 Å². The van der Waals surface area contributed by atoms with Crippen LogP contribution in [0.5, 0.6) is 0 Å². The highest BCUT2D eigenvalue weighted by molar-refractivity contribution is 7.80. The van der Waals surface area contributed by atoms with E-state index in [1.54, 1.807) is 0 Å². The van der Waals surface area contributed by atoms with Crippen LogP contribution >= 0.6 is 12.6 Å². The second-order valence-corrected chi connectivity index (χ2v) is 9.02. The predicted molar refractivity (Wildman–Crippen MR) is 127 cm³/mol. The van der Waals surface area contributed by atoms with Crippen LogP contribution in [0.4, 0.5) is 0 Å². The largest absolute Gasteiger partial charge is 0.481 e. The van der Waals surface area contributed by atoms with Crippen LogP contribution in [0.15, 0.2) is 0 Å². The molecule has 5 atom stereocenters. The molecule has 15 heteroatoms. The van der Waals surface area contributed by atoms with Crippen LogP contribution in [0.3, 0.4) is 0 Å². The van der Waals surface area contributed by atoms with Gasteiger partial charge in [-0.15, -0.1) is 0 Å². The number of nitrogens with zero attached hydrogens (tertiary/aromatic N) is 1. The van der Waals surface area contributed by atoms with Gasteiger partial charge in [-0.05, 0) is 38.6 Å². The van der Waals surface area contributed by atoms with Crippen LogP contribution in [-0.4, -0.2) is 111 Å². The third-order valence-electron chi connectivity index (χ3n) is 6.09. The van der Waals surface area contributed by atoms with E-state index in [9.17, 15) is 39.0 Å². The SMILES string of the molecule is O=C(O)CC[C@H](NC(=O)[C@H](CO)NC(=O)[C@H](CS)NC(=O)[C@@H]1CCCN1C(=O)[C@@H]1CCCN1)C(=O)O. The van der Waals surface area contributed by atoms with Crippen molar-refractivity contribution in [1.82, 2.24) is 26.2 Å². The van der Waals surface area contributed by atoms with E-state index >= 15 is 0 Å². The van der Waals surface area contributed by atoms with Gasteiger partial charge in [0.25, 0.3) is 0 Å². The first-order valence-corrected chi connectivity index (χ1v) is 12.3. The molecule has 0 bridgehead atoms. The standard InChI is InChI=1S/C21H33N5O9S/c27-9-13(17(30)23-12(21(34)35)5-6-16(28)29)24-18(31)14(10-36)25-19(32)15-4-2-8-26(15)20(33)11-3-1-7-22-11/h11-15,22,27,36H,1-10H2,(H,23,30)(H,24,31)(H,25,32)(H,28,29)(H,34,35)/t11-,12-,13-,14-,15-/m0/s1. The van der Waals surface area contributed by atoms with Gasteiger partial charge < -0.3 is 41.5 Å². The van der Waals surface area contributed by atoms with Gasteiger partial charge in [-0.3, -0.25) is 24.0 Å². The zero-order chi connectivity index (χ0) is 26.8. The Bertz CT molecular complexity index is 852. The summed E-state index contributed by atoms with van der Waals surface area (Å²) in [5, 5.41) is 37.4. The second-order valence-electron chi connectivity index (χ2n) is 8.66. The average Bonchev–Trinajstić information content (AvgIpc) is 3.55. The van der Waals surface area contributed by atoms with E-state index in [4.69, 9.17) is 5.11 Å². The topological polar surface area (TPSA) is 214 Å². The fourth-order valence-corrected chi connectivity index (χ4v) is 4.38.